The van der Waals surface area contributed by atoms with Crippen molar-refractivity contribution in [1.29, 1.82) is 0 Å². The zero-order valence-electron chi connectivity index (χ0n) is 20.8. The minimum Gasteiger partial charge on any atom is -0.481 e. The lowest BCUT2D eigenvalue weighted by Gasteiger charge is -2.27. The Balaban J connectivity index is 1.36. The summed E-state index contributed by atoms with van der Waals surface area (Å²) in [4.78, 5) is 39.2. The predicted molar refractivity (Wildman–Crippen MR) is 133 cm³/mol. The van der Waals surface area contributed by atoms with Gasteiger partial charge in [-0.1, -0.05) is 69.3 Å². The van der Waals surface area contributed by atoms with E-state index in [0.29, 0.717) is 6.54 Å². The van der Waals surface area contributed by atoms with Crippen LogP contribution in [0.3, 0.4) is 0 Å². The molecule has 7 nitrogen and oxygen atoms in total. The average Bonchev–Trinajstić information content (AvgIpc) is 3.32. The molecule has 7 heteroatoms. The summed E-state index contributed by atoms with van der Waals surface area (Å²) in [5.41, 5.74) is 3.64. The Hall–Kier alpha value is -3.35. The first kappa shape index (κ1) is 24.8. The van der Waals surface area contributed by atoms with E-state index in [4.69, 9.17) is 4.74 Å². The molecule has 0 bridgehead atoms. The monoisotopic (exact) mass is 478 g/mol. The Morgan fingerprint density at radius 2 is 1.66 bits per heavy atom. The Kier molecular flexibility index (Phi) is 6.88. The highest BCUT2D eigenvalue weighted by Crippen LogP contribution is 2.44. The molecule has 1 aliphatic carbocycles. The highest BCUT2D eigenvalue weighted by molar-refractivity contribution is 5.83. The van der Waals surface area contributed by atoms with Gasteiger partial charge in [0.1, 0.15) is 6.61 Å². The number of alkyl carbamates (subject to hydrolysis) is 1. The quantitative estimate of drug-likeness (QED) is 0.616. The highest BCUT2D eigenvalue weighted by Gasteiger charge is 2.48. The zero-order valence-corrected chi connectivity index (χ0v) is 20.8. The molecule has 2 aromatic carbocycles. The maximum absolute atomic E-state index is 13.2. The summed E-state index contributed by atoms with van der Waals surface area (Å²) >= 11 is 0. The van der Waals surface area contributed by atoms with Crippen LogP contribution < -0.4 is 5.32 Å². The third-order valence-corrected chi connectivity index (χ3v) is 7.83. The number of benzene rings is 2. The first-order valence-electron chi connectivity index (χ1n) is 12.2. The first-order valence-corrected chi connectivity index (χ1v) is 12.2. The third-order valence-electron chi connectivity index (χ3n) is 7.83. The predicted octanol–water partition coefficient (Wildman–Crippen LogP) is 4.37. The van der Waals surface area contributed by atoms with Gasteiger partial charge in [-0.3, -0.25) is 9.59 Å². The number of likely N-dealkylation sites (tertiary alicyclic amines) is 1. The van der Waals surface area contributed by atoms with Crippen molar-refractivity contribution in [2.75, 3.05) is 26.2 Å². The van der Waals surface area contributed by atoms with E-state index >= 15 is 0 Å². The van der Waals surface area contributed by atoms with Crippen LogP contribution in [0.4, 0.5) is 4.79 Å². The van der Waals surface area contributed by atoms with E-state index < -0.39 is 23.4 Å². The number of nitrogens with zero attached hydrogens (tertiary/aromatic N) is 1. The molecule has 1 heterocycles. The second-order valence-corrected chi connectivity index (χ2v) is 10.4. The lowest BCUT2D eigenvalue weighted by molar-refractivity contribution is -0.149. The normalized spacial score (nSPS) is 22.0. The maximum Gasteiger partial charge on any atom is 0.407 e. The lowest BCUT2D eigenvalue weighted by Crippen LogP contribution is -2.44. The van der Waals surface area contributed by atoms with Crippen LogP contribution in [0.1, 0.15) is 44.7 Å². The van der Waals surface area contributed by atoms with Crippen LogP contribution in [0, 0.1) is 23.2 Å². The van der Waals surface area contributed by atoms with E-state index in [2.05, 4.69) is 29.6 Å². The van der Waals surface area contributed by atoms with Crippen molar-refractivity contribution in [1.82, 2.24) is 10.2 Å². The SMILES string of the molecule is CC(C)C(CNC(=O)OCC1c2ccccc2-c2ccccc21)C(=O)N1C[C@H](C)[C@@](C)(C(=O)O)C1. The number of carboxylic acids is 1. The van der Waals surface area contributed by atoms with Crippen molar-refractivity contribution >= 4 is 18.0 Å². The van der Waals surface area contributed by atoms with Gasteiger partial charge in [0.05, 0.1) is 11.3 Å². The fourth-order valence-corrected chi connectivity index (χ4v) is 5.28. The molecule has 2 aromatic rings. The van der Waals surface area contributed by atoms with Crippen LogP contribution in [0.15, 0.2) is 48.5 Å². The van der Waals surface area contributed by atoms with Gasteiger partial charge in [-0.2, -0.15) is 0 Å². The van der Waals surface area contributed by atoms with Crippen LogP contribution in [0.2, 0.25) is 0 Å². The maximum atomic E-state index is 13.2. The fraction of sp³-hybridized carbons (Fsp3) is 0.464. The van der Waals surface area contributed by atoms with E-state index in [0.717, 1.165) is 22.3 Å². The van der Waals surface area contributed by atoms with Gasteiger partial charge in [-0.25, -0.2) is 4.79 Å². The molecule has 35 heavy (non-hydrogen) atoms. The van der Waals surface area contributed by atoms with Crippen LogP contribution in [-0.4, -0.2) is 54.2 Å². The van der Waals surface area contributed by atoms with Crippen molar-refractivity contribution in [3.8, 4) is 11.1 Å². The van der Waals surface area contributed by atoms with Gasteiger partial charge in [-0.15, -0.1) is 0 Å². The van der Waals surface area contributed by atoms with Crippen molar-refractivity contribution in [3.05, 3.63) is 59.7 Å². The Bertz CT molecular complexity index is 1080. The molecule has 1 fully saturated rings. The molecule has 2 aliphatic rings. The highest BCUT2D eigenvalue weighted by atomic mass is 16.5. The molecule has 4 rings (SSSR count). The van der Waals surface area contributed by atoms with Crippen molar-refractivity contribution in [2.24, 2.45) is 23.2 Å². The van der Waals surface area contributed by atoms with Crippen molar-refractivity contribution in [3.63, 3.8) is 0 Å². The number of nitrogens with one attached hydrogen (secondary N) is 1. The number of ether oxygens (including phenoxy) is 1. The Morgan fingerprint density at radius 3 is 2.17 bits per heavy atom. The molecule has 1 saturated heterocycles. The van der Waals surface area contributed by atoms with E-state index in [-0.39, 0.29) is 43.4 Å². The summed E-state index contributed by atoms with van der Waals surface area (Å²) in [5.74, 6) is -1.68. The second-order valence-electron chi connectivity index (χ2n) is 10.4. The summed E-state index contributed by atoms with van der Waals surface area (Å²) < 4.78 is 5.60. The molecule has 0 radical (unpaired) electrons. The van der Waals surface area contributed by atoms with Crippen LogP contribution in [0.5, 0.6) is 0 Å². The van der Waals surface area contributed by atoms with Crippen LogP contribution in [-0.2, 0) is 14.3 Å². The van der Waals surface area contributed by atoms with E-state index in [1.807, 2.05) is 45.0 Å². The minimum absolute atomic E-state index is 0.0247. The number of aliphatic carboxylic acids is 1. The number of amides is 2. The van der Waals surface area contributed by atoms with E-state index in [1.54, 1.807) is 11.8 Å². The fourth-order valence-electron chi connectivity index (χ4n) is 5.28. The molecule has 1 unspecified atom stereocenters. The molecule has 0 spiro atoms. The van der Waals surface area contributed by atoms with Crippen LogP contribution in [0.25, 0.3) is 11.1 Å². The largest absolute Gasteiger partial charge is 0.481 e. The number of carbonyl (C=O) groups excluding carboxylic acids is 2. The van der Waals surface area contributed by atoms with Gasteiger partial charge >= 0.3 is 12.1 Å². The summed E-state index contributed by atoms with van der Waals surface area (Å²) in [6, 6.07) is 16.3. The van der Waals surface area contributed by atoms with Gasteiger partial charge in [0.2, 0.25) is 5.91 Å². The Labute approximate surface area is 206 Å². The number of carbonyl (C=O) groups is 3. The number of carboxylic acid groups (broad SMARTS) is 1. The summed E-state index contributed by atoms with van der Waals surface area (Å²) in [6.07, 6.45) is -0.560. The standard InChI is InChI=1S/C28H34N2O5/c1-17(2)23(25(31)30-14-18(3)28(4,16-30)26(32)33)13-29-27(34)35-15-24-21-11-7-5-9-19(21)20-10-6-8-12-22(20)24/h5-12,17-18,23-24H,13-16H2,1-4H3,(H,29,34)(H,32,33)/t18-,23?,28-/m0/s1. The van der Waals surface area contributed by atoms with E-state index in [9.17, 15) is 19.5 Å². The lowest BCUT2D eigenvalue weighted by atomic mass is 9.81. The molecule has 0 aromatic heterocycles. The summed E-state index contributed by atoms with van der Waals surface area (Å²) in [5, 5.41) is 12.4. The first-order chi connectivity index (χ1) is 16.6. The molecular weight excluding hydrogens is 444 g/mol. The van der Waals surface area contributed by atoms with Crippen molar-refractivity contribution in [2.45, 2.75) is 33.6 Å². The number of hydrogen-bond acceptors (Lipinski definition) is 4. The average molecular weight is 479 g/mol. The second kappa shape index (κ2) is 9.72. The smallest absolute Gasteiger partial charge is 0.407 e. The van der Waals surface area contributed by atoms with Crippen LogP contribution >= 0.6 is 0 Å². The van der Waals surface area contributed by atoms with E-state index in [1.165, 1.54) is 0 Å². The third kappa shape index (κ3) is 4.64. The Morgan fingerprint density at radius 1 is 1.09 bits per heavy atom. The van der Waals surface area contributed by atoms with Gasteiger partial charge in [0.15, 0.2) is 0 Å². The molecule has 2 amide bonds. The molecular formula is C28H34N2O5. The zero-order chi connectivity index (χ0) is 25.3. The molecule has 0 saturated carbocycles. The minimum atomic E-state index is -0.961. The topological polar surface area (TPSA) is 95.9 Å². The molecule has 3 atom stereocenters. The molecule has 186 valence electrons. The summed E-state index contributed by atoms with van der Waals surface area (Å²) in [7, 11) is 0. The van der Waals surface area contributed by atoms with Gasteiger partial charge < -0.3 is 20.1 Å². The number of rotatable bonds is 7. The molecule has 1 aliphatic heterocycles. The van der Waals surface area contributed by atoms with Gasteiger partial charge in [0.25, 0.3) is 0 Å². The molecule has 2 N–H and O–H groups in total. The number of fused-ring (bicyclic) bond motifs is 3. The summed E-state index contributed by atoms with van der Waals surface area (Å²) in [6.45, 7) is 8.33. The number of hydrogen-bond donors (Lipinski definition) is 2. The van der Waals surface area contributed by atoms with Gasteiger partial charge in [-0.05, 0) is 41.0 Å². The van der Waals surface area contributed by atoms with Crippen molar-refractivity contribution < 1.29 is 24.2 Å². The van der Waals surface area contributed by atoms with Gasteiger partial charge in [0, 0.05) is 25.6 Å².